The number of hydrogen-bond donors (Lipinski definition) is 4. The summed E-state index contributed by atoms with van der Waals surface area (Å²) in [5.74, 6) is 0.253. The van der Waals surface area contributed by atoms with Crippen LogP contribution in [0.2, 0.25) is 0 Å². The third kappa shape index (κ3) is 1.83. The summed E-state index contributed by atoms with van der Waals surface area (Å²) in [4.78, 5) is 7.98. The van der Waals surface area contributed by atoms with Crippen LogP contribution in [0.25, 0.3) is 11.0 Å². The summed E-state index contributed by atoms with van der Waals surface area (Å²) in [7, 11) is 1.46. The van der Waals surface area contributed by atoms with Gasteiger partial charge in [-0.2, -0.15) is 5.10 Å². The van der Waals surface area contributed by atoms with Crippen LogP contribution in [0.3, 0.4) is 0 Å². The second-order valence-corrected chi connectivity index (χ2v) is 4.56. The van der Waals surface area contributed by atoms with E-state index in [-0.39, 0.29) is 12.4 Å². The van der Waals surface area contributed by atoms with Gasteiger partial charge < -0.3 is 25.4 Å². The summed E-state index contributed by atoms with van der Waals surface area (Å²) in [5.41, 5.74) is 7.20. The number of aromatic nitrogens is 4. The number of aliphatic hydroxyl groups is 2. The predicted molar refractivity (Wildman–Crippen MR) is 67.6 cm³/mol. The van der Waals surface area contributed by atoms with E-state index in [1.807, 2.05) is 0 Å². The summed E-state index contributed by atoms with van der Waals surface area (Å²) < 4.78 is 10.9. The number of H-pyrrole nitrogens is 1. The first-order valence-corrected chi connectivity index (χ1v) is 6.09. The molecule has 5 N–H and O–H groups in total. The molecule has 0 saturated carbocycles. The third-order valence-corrected chi connectivity index (χ3v) is 3.47. The van der Waals surface area contributed by atoms with Gasteiger partial charge >= 0.3 is 0 Å². The lowest BCUT2D eigenvalue weighted by Crippen LogP contribution is -2.33. The van der Waals surface area contributed by atoms with Crippen molar-refractivity contribution in [3.8, 4) is 0 Å². The topological polar surface area (TPSA) is 139 Å². The fraction of sp³-hybridized carbons (Fsp3) is 0.545. The lowest BCUT2D eigenvalue weighted by molar-refractivity contribution is -0.0244. The highest BCUT2D eigenvalue weighted by atomic mass is 16.6. The highest BCUT2D eigenvalue weighted by molar-refractivity contribution is 5.85. The molecule has 2 aromatic rings. The van der Waals surface area contributed by atoms with Gasteiger partial charge in [0.2, 0.25) is 0 Å². The maximum Gasteiger partial charge on any atom is 0.155 e. The van der Waals surface area contributed by atoms with Crippen molar-refractivity contribution in [3.05, 3.63) is 12.0 Å². The Kier molecular flexibility index (Phi) is 3.26. The molecule has 3 heterocycles. The Balaban J connectivity index is 2.04. The number of nitrogens with two attached hydrogens (primary N) is 1. The van der Waals surface area contributed by atoms with Crippen molar-refractivity contribution < 1.29 is 19.7 Å². The molecule has 9 heteroatoms. The Hall–Kier alpha value is -1.81. The van der Waals surface area contributed by atoms with Crippen LogP contribution in [-0.4, -0.2) is 62.4 Å². The fourth-order valence-electron chi connectivity index (χ4n) is 2.45. The molecule has 0 radical (unpaired) electrons. The van der Waals surface area contributed by atoms with Gasteiger partial charge in [-0.3, -0.25) is 5.10 Å². The Morgan fingerprint density at radius 1 is 1.45 bits per heavy atom. The third-order valence-electron chi connectivity index (χ3n) is 3.47. The summed E-state index contributed by atoms with van der Waals surface area (Å²) >= 11 is 0. The van der Waals surface area contributed by atoms with Crippen molar-refractivity contribution in [2.45, 2.75) is 24.4 Å². The van der Waals surface area contributed by atoms with Crippen LogP contribution in [0.1, 0.15) is 11.8 Å². The number of rotatable bonds is 3. The number of aliphatic hydroxyl groups excluding tert-OH is 2. The summed E-state index contributed by atoms with van der Waals surface area (Å²) in [5, 5.41) is 26.1. The molecule has 0 aliphatic carbocycles. The number of fused-ring (bicyclic) bond motifs is 1. The van der Waals surface area contributed by atoms with Gasteiger partial charge in [0, 0.05) is 7.11 Å². The van der Waals surface area contributed by atoms with Crippen molar-refractivity contribution >= 4 is 16.9 Å². The zero-order valence-corrected chi connectivity index (χ0v) is 10.7. The Morgan fingerprint density at radius 3 is 2.95 bits per heavy atom. The van der Waals surface area contributed by atoms with E-state index >= 15 is 0 Å². The highest BCUT2D eigenvalue weighted by Gasteiger charge is 2.46. The smallest absolute Gasteiger partial charge is 0.155 e. The van der Waals surface area contributed by atoms with Crippen molar-refractivity contribution in [2.24, 2.45) is 0 Å². The van der Waals surface area contributed by atoms with Gasteiger partial charge in [0.15, 0.2) is 11.3 Å². The zero-order chi connectivity index (χ0) is 14.3. The van der Waals surface area contributed by atoms with E-state index in [4.69, 9.17) is 15.2 Å². The molecular formula is C11H15N5O4. The number of methoxy groups -OCH3 is 1. The number of ether oxygens (including phenoxy) is 2. The van der Waals surface area contributed by atoms with Gasteiger partial charge in [0.1, 0.15) is 36.3 Å². The maximum atomic E-state index is 10.0. The van der Waals surface area contributed by atoms with Crippen LogP contribution in [0, 0.1) is 0 Å². The summed E-state index contributed by atoms with van der Waals surface area (Å²) in [6.07, 6.45) is -1.58. The number of nitrogen functional groups attached to an aromatic ring is 1. The standard InChI is InChI=1S/C11H15N5O4/c1-19-10-8(18)4(2-17)20-9(10)6-5-7(16-15-6)11(12)14-3-13-5/h3-4,8-10,17-18H,2H2,1H3,(H,15,16)(H2,12,13,14)/t4-,8-,9+,10-/m1/s1. The monoisotopic (exact) mass is 281 g/mol. The van der Waals surface area contributed by atoms with Gasteiger partial charge in [-0.1, -0.05) is 0 Å². The minimum atomic E-state index is -0.937. The number of anilines is 1. The van der Waals surface area contributed by atoms with E-state index in [1.165, 1.54) is 13.4 Å². The van der Waals surface area contributed by atoms with Crippen LogP contribution < -0.4 is 5.73 Å². The van der Waals surface area contributed by atoms with Crippen molar-refractivity contribution in [2.75, 3.05) is 19.5 Å². The fourth-order valence-corrected chi connectivity index (χ4v) is 2.45. The van der Waals surface area contributed by atoms with Crippen molar-refractivity contribution in [3.63, 3.8) is 0 Å². The lowest BCUT2D eigenvalue weighted by atomic mass is 10.1. The Bertz CT molecular complexity index is 618. The van der Waals surface area contributed by atoms with Crippen molar-refractivity contribution in [1.82, 2.24) is 20.2 Å². The normalized spacial score (nSPS) is 30.1. The first-order chi connectivity index (χ1) is 9.67. The molecule has 0 bridgehead atoms. The predicted octanol–water partition coefficient (Wildman–Crippen LogP) is -1.26. The van der Waals surface area contributed by atoms with E-state index in [1.54, 1.807) is 0 Å². The minimum Gasteiger partial charge on any atom is -0.394 e. The molecule has 1 saturated heterocycles. The molecule has 9 nitrogen and oxygen atoms in total. The van der Waals surface area contributed by atoms with Gasteiger partial charge in [-0.05, 0) is 0 Å². The van der Waals surface area contributed by atoms with Crippen LogP contribution in [-0.2, 0) is 9.47 Å². The minimum absolute atomic E-state index is 0.253. The van der Waals surface area contributed by atoms with Crippen LogP contribution in [0.4, 0.5) is 5.82 Å². The van der Waals surface area contributed by atoms with Crippen LogP contribution in [0.5, 0.6) is 0 Å². The molecule has 4 atom stereocenters. The molecule has 1 aliphatic rings. The van der Waals surface area contributed by atoms with Gasteiger partial charge in [0.05, 0.1) is 12.3 Å². The maximum absolute atomic E-state index is 10.0. The first kappa shape index (κ1) is 13.2. The number of aromatic amines is 1. The van der Waals surface area contributed by atoms with Crippen molar-refractivity contribution in [1.29, 1.82) is 0 Å². The Labute approximate surface area is 113 Å². The summed E-state index contributed by atoms with van der Waals surface area (Å²) in [6, 6.07) is 0. The quantitative estimate of drug-likeness (QED) is 0.547. The van der Waals surface area contributed by atoms with E-state index in [2.05, 4.69) is 20.2 Å². The Morgan fingerprint density at radius 2 is 2.25 bits per heavy atom. The average molecular weight is 281 g/mol. The molecule has 1 aliphatic heterocycles. The number of nitrogens with zero attached hydrogens (tertiary/aromatic N) is 3. The van der Waals surface area contributed by atoms with Gasteiger partial charge in [-0.15, -0.1) is 0 Å². The second kappa shape index (κ2) is 4.94. The van der Waals surface area contributed by atoms with Gasteiger partial charge in [-0.25, -0.2) is 9.97 Å². The molecule has 0 amide bonds. The molecule has 2 aromatic heterocycles. The van der Waals surface area contributed by atoms with Crippen LogP contribution >= 0.6 is 0 Å². The SMILES string of the molecule is CO[C@@H]1[C@H](O)[C@@H](CO)O[C@H]1c1[nH]nc2c(N)ncnc12. The number of hydrogen-bond acceptors (Lipinski definition) is 8. The number of nitrogens with one attached hydrogen (secondary N) is 1. The summed E-state index contributed by atoms with van der Waals surface area (Å²) in [6.45, 7) is -0.305. The molecule has 0 aromatic carbocycles. The van der Waals surface area contributed by atoms with Crippen LogP contribution in [0.15, 0.2) is 6.33 Å². The molecule has 20 heavy (non-hydrogen) atoms. The van der Waals surface area contributed by atoms with E-state index in [0.717, 1.165) is 0 Å². The first-order valence-electron chi connectivity index (χ1n) is 6.09. The zero-order valence-electron chi connectivity index (χ0n) is 10.7. The largest absolute Gasteiger partial charge is 0.394 e. The van der Waals surface area contributed by atoms with Gasteiger partial charge in [0.25, 0.3) is 0 Å². The second-order valence-electron chi connectivity index (χ2n) is 4.56. The molecule has 3 rings (SSSR count). The average Bonchev–Trinajstić information content (AvgIpc) is 3.00. The molecule has 0 unspecified atom stereocenters. The molecule has 108 valence electrons. The molecule has 1 fully saturated rings. The molecular weight excluding hydrogens is 266 g/mol. The lowest BCUT2D eigenvalue weighted by Gasteiger charge is -2.17. The highest BCUT2D eigenvalue weighted by Crippen LogP contribution is 2.37. The van der Waals surface area contributed by atoms with E-state index < -0.39 is 24.4 Å². The molecule has 0 spiro atoms. The van der Waals surface area contributed by atoms with E-state index in [0.29, 0.717) is 16.7 Å². The van der Waals surface area contributed by atoms with E-state index in [9.17, 15) is 10.2 Å².